The fourth-order valence-corrected chi connectivity index (χ4v) is 3.40. The van der Waals surface area contributed by atoms with Crippen molar-refractivity contribution in [1.82, 2.24) is 4.90 Å². The number of hydrogen-bond donors (Lipinski definition) is 2. The number of nitrogen functional groups attached to an aromatic ring is 1. The first-order chi connectivity index (χ1) is 10.1. The van der Waals surface area contributed by atoms with Crippen LogP contribution in [-0.4, -0.2) is 23.8 Å². The molecule has 116 valence electrons. The summed E-state index contributed by atoms with van der Waals surface area (Å²) in [6.45, 7) is 5.50. The summed E-state index contributed by atoms with van der Waals surface area (Å²) in [4.78, 5) is 2.50. The Morgan fingerprint density at radius 2 is 2.19 bits per heavy atom. The van der Waals surface area contributed by atoms with E-state index in [1.54, 1.807) is 6.07 Å². The van der Waals surface area contributed by atoms with Gasteiger partial charge in [0.15, 0.2) is 0 Å². The van der Waals surface area contributed by atoms with Gasteiger partial charge in [-0.2, -0.15) is 0 Å². The largest absolute Gasteiger partial charge is 0.384 e. The summed E-state index contributed by atoms with van der Waals surface area (Å²) < 4.78 is 0. The molecule has 4 heteroatoms. The molecule has 0 radical (unpaired) electrons. The van der Waals surface area contributed by atoms with Crippen molar-refractivity contribution in [2.75, 3.05) is 13.1 Å². The van der Waals surface area contributed by atoms with Crippen LogP contribution >= 0.6 is 11.6 Å². The second-order valence-corrected chi connectivity index (χ2v) is 6.49. The Labute approximate surface area is 133 Å². The van der Waals surface area contributed by atoms with Crippen molar-refractivity contribution in [2.45, 2.75) is 45.6 Å². The number of amidine groups is 1. The van der Waals surface area contributed by atoms with Crippen LogP contribution in [0.4, 0.5) is 0 Å². The van der Waals surface area contributed by atoms with Crippen molar-refractivity contribution < 1.29 is 0 Å². The molecule has 2 rings (SSSR count). The van der Waals surface area contributed by atoms with Crippen molar-refractivity contribution in [2.24, 2.45) is 11.7 Å². The maximum Gasteiger partial charge on any atom is 0.122 e. The minimum Gasteiger partial charge on any atom is -0.384 e. The summed E-state index contributed by atoms with van der Waals surface area (Å²) >= 11 is 6.33. The van der Waals surface area contributed by atoms with Crippen LogP contribution in [0.2, 0.25) is 5.02 Å². The fraction of sp³-hybridized carbons (Fsp3) is 0.588. The first kappa shape index (κ1) is 16.3. The molecule has 21 heavy (non-hydrogen) atoms. The van der Waals surface area contributed by atoms with Crippen molar-refractivity contribution in [3.8, 4) is 0 Å². The number of likely N-dealkylation sites (tertiary alicyclic amines) is 1. The van der Waals surface area contributed by atoms with Gasteiger partial charge in [0.2, 0.25) is 0 Å². The van der Waals surface area contributed by atoms with E-state index in [0.717, 1.165) is 36.1 Å². The number of nitrogens with zero attached hydrogens (tertiary/aromatic N) is 1. The topological polar surface area (TPSA) is 53.1 Å². The normalized spacial score (nSPS) is 20.2. The molecule has 0 amide bonds. The maximum atomic E-state index is 7.45. The second kappa shape index (κ2) is 7.81. The zero-order valence-electron chi connectivity index (χ0n) is 12.9. The Morgan fingerprint density at radius 3 is 2.86 bits per heavy atom. The Morgan fingerprint density at radius 1 is 1.38 bits per heavy atom. The van der Waals surface area contributed by atoms with E-state index in [9.17, 15) is 0 Å². The molecule has 1 saturated heterocycles. The first-order valence-electron chi connectivity index (χ1n) is 7.95. The lowest BCUT2D eigenvalue weighted by Crippen LogP contribution is -2.24. The minimum atomic E-state index is 0.0700. The van der Waals surface area contributed by atoms with Gasteiger partial charge in [0.1, 0.15) is 5.84 Å². The molecule has 1 fully saturated rings. The number of nitrogens with two attached hydrogens (primary N) is 1. The van der Waals surface area contributed by atoms with Crippen molar-refractivity contribution in [3.05, 3.63) is 34.3 Å². The van der Waals surface area contributed by atoms with Gasteiger partial charge in [0.05, 0.1) is 0 Å². The van der Waals surface area contributed by atoms with Crippen LogP contribution in [0.15, 0.2) is 18.2 Å². The molecule has 0 saturated carbocycles. The Bertz CT molecular complexity index is 487. The monoisotopic (exact) mass is 307 g/mol. The molecule has 0 aliphatic carbocycles. The van der Waals surface area contributed by atoms with Gasteiger partial charge in [0.25, 0.3) is 0 Å². The van der Waals surface area contributed by atoms with Gasteiger partial charge in [-0.15, -0.1) is 0 Å². The summed E-state index contributed by atoms with van der Waals surface area (Å²) in [5.41, 5.74) is 7.33. The number of nitrogens with one attached hydrogen (secondary N) is 1. The van der Waals surface area contributed by atoms with E-state index >= 15 is 0 Å². The lowest BCUT2D eigenvalue weighted by atomic mass is 9.96. The molecule has 0 spiro atoms. The number of rotatable bonds is 5. The SMILES string of the molecule is CCCC1CCCN(Cc2ccc(C(=N)N)cc2Cl)CC1. The van der Waals surface area contributed by atoms with Crippen LogP contribution in [0, 0.1) is 11.3 Å². The number of hydrogen-bond acceptors (Lipinski definition) is 2. The molecule has 1 aromatic carbocycles. The van der Waals surface area contributed by atoms with Gasteiger partial charge >= 0.3 is 0 Å². The van der Waals surface area contributed by atoms with Crippen LogP contribution in [-0.2, 0) is 6.54 Å². The fourth-order valence-electron chi connectivity index (χ4n) is 3.16. The molecule has 3 N–H and O–H groups in total. The predicted molar refractivity (Wildman–Crippen MR) is 90.0 cm³/mol. The quantitative estimate of drug-likeness (QED) is 0.637. The molecule has 1 heterocycles. The second-order valence-electron chi connectivity index (χ2n) is 6.08. The van der Waals surface area contributed by atoms with E-state index < -0.39 is 0 Å². The summed E-state index contributed by atoms with van der Waals surface area (Å²) in [7, 11) is 0. The van der Waals surface area contributed by atoms with E-state index in [1.165, 1.54) is 32.1 Å². The van der Waals surface area contributed by atoms with Gasteiger partial charge in [-0.1, -0.05) is 43.5 Å². The highest BCUT2D eigenvalue weighted by molar-refractivity contribution is 6.31. The molecular formula is C17H26ClN3. The molecule has 0 bridgehead atoms. The van der Waals surface area contributed by atoms with Crippen LogP contribution in [0.1, 0.15) is 50.2 Å². The van der Waals surface area contributed by atoms with E-state index in [-0.39, 0.29) is 5.84 Å². The highest BCUT2D eigenvalue weighted by atomic mass is 35.5. The molecule has 0 aromatic heterocycles. The third-order valence-electron chi connectivity index (χ3n) is 4.40. The molecule has 1 aliphatic heterocycles. The van der Waals surface area contributed by atoms with Crippen LogP contribution < -0.4 is 5.73 Å². The zero-order chi connectivity index (χ0) is 15.2. The van der Waals surface area contributed by atoms with Crippen LogP contribution in [0.5, 0.6) is 0 Å². The Hall–Kier alpha value is -1.06. The molecule has 1 aliphatic rings. The first-order valence-corrected chi connectivity index (χ1v) is 8.33. The van der Waals surface area contributed by atoms with Crippen LogP contribution in [0.3, 0.4) is 0 Å². The highest BCUT2D eigenvalue weighted by Gasteiger charge is 2.17. The Balaban J connectivity index is 1.97. The standard InChI is InChI=1S/C17H26ClN3/c1-2-4-13-5-3-9-21(10-8-13)12-15-7-6-14(17(19)20)11-16(15)18/h6-7,11,13H,2-5,8-10,12H2,1H3,(H3,19,20). The third-order valence-corrected chi connectivity index (χ3v) is 4.75. The van der Waals surface area contributed by atoms with Gasteiger partial charge in [-0.25, -0.2) is 0 Å². The summed E-state index contributed by atoms with van der Waals surface area (Å²) in [5.74, 6) is 0.969. The van der Waals surface area contributed by atoms with Crippen molar-refractivity contribution >= 4 is 17.4 Å². The molecule has 1 unspecified atom stereocenters. The van der Waals surface area contributed by atoms with Crippen molar-refractivity contribution in [3.63, 3.8) is 0 Å². The van der Waals surface area contributed by atoms with Gasteiger partial charge in [-0.3, -0.25) is 10.3 Å². The average Bonchev–Trinajstić information content (AvgIpc) is 2.67. The summed E-state index contributed by atoms with van der Waals surface area (Å²) in [6.07, 6.45) is 6.61. The maximum absolute atomic E-state index is 7.45. The van der Waals surface area contributed by atoms with Gasteiger partial charge in [0, 0.05) is 17.1 Å². The van der Waals surface area contributed by atoms with Gasteiger partial charge in [-0.05, 0) is 49.9 Å². The molecule has 3 nitrogen and oxygen atoms in total. The van der Waals surface area contributed by atoms with E-state index in [0.29, 0.717) is 5.56 Å². The highest BCUT2D eigenvalue weighted by Crippen LogP contribution is 2.25. The number of benzene rings is 1. The van der Waals surface area contributed by atoms with E-state index in [1.807, 2.05) is 12.1 Å². The van der Waals surface area contributed by atoms with E-state index in [4.69, 9.17) is 22.7 Å². The third kappa shape index (κ3) is 4.72. The van der Waals surface area contributed by atoms with Crippen LogP contribution in [0.25, 0.3) is 0 Å². The summed E-state index contributed by atoms with van der Waals surface area (Å²) in [5, 5.41) is 8.17. The lowest BCUT2D eigenvalue weighted by molar-refractivity contribution is 0.271. The van der Waals surface area contributed by atoms with Gasteiger partial charge < -0.3 is 5.73 Å². The van der Waals surface area contributed by atoms with Crippen molar-refractivity contribution in [1.29, 1.82) is 5.41 Å². The predicted octanol–water partition coefficient (Wildman–Crippen LogP) is 4.03. The molecule has 1 aromatic rings. The smallest absolute Gasteiger partial charge is 0.122 e. The zero-order valence-corrected chi connectivity index (χ0v) is 13.6. The average molecular weight is 308 g/mol. The van der Waals surface area contributed by atoms with E-state index in [2.05, 4.69) is 11.8 Å². The summed E-state index contributed by atoms with van der Waals surface area (Å²) in [6, 6.07) is 5.70. The lowest BCUT2D eigenvalue weighted by Gasteiger charge is -2.21. The number of halogens is 1. The molecule has 1 atom stereocenters. The minimum absolute atomic E-state index is 0.0700. The Kier molecular flexibility index (Phi) is 6.07. The molecular weight excluding hydrogens is 282 g/mol.